The first kappa shape index (κ1) is 18.7. The second-order valence-electron chi connectivity index (χ2n) is 4.94. The molecule has 0 saturated carbocycles. The highest BCUT2D eigenvalue weighted by Crippen LogP contribution is 2.32. The molecule has 2 rings (SSSR count). The van der Waals surface area contributed by atoms with Crippen molar-refractivity contribution >= 4 is 15.7 Å². The second kappa shape index (κ2) is 7.52. The zero-order valence-corrected chi connectivity index (χ0v) is 14.5. The van der Waals surface area contributed by atoms with Crippen molar-refractivity contribution < 1.29 is 26.7 Å². The fraction of sp³-hybridized carbons (Fsp3) is 0.176. The molecule has 0 bridgehead atoms. The highest BCUT2D eigenvalue weighted by Gasteiger charge is 2.26. The summed E-state index contributed by atoms with van der Waals surface area (Å²) in [5.41, 5.74) is -0.0198. The molecule has 0 aliphatic carbocycles. The minimum atomic E-state index is -4.07. The van der Waals surface area contributed by atoms with E-state index < -0.39 is 21.7 Å². The quantitative estimate of drug-likeness (QED) is 0.703. The van der Waals surface area contributed by atoms with Gasteiger partial charge in [-0.3, -0.25) is 4.31 Å². The van der Waals surface area contributed by atoms with E-state index in [1.807, 2.05) is 0 Å². The summed E-state index contributed by atoms with van der Waals surface area (Å²) < 4.78 is 63.7. The highest BCUT2D eigenvalue weighted by molar-refractivity contribution is 7.92. The lowest BCUT2D eigenvalue weighted by Crippen LogP contribution is -2.31. The van der Waals surface area contributed by atoms with E-state index >= 15 is 0 Å². The van der Waals surface area contributed by atoms with E-state index in [1.54, 1.807) is 0 Å². The van der Waals surface area contributed by atoms with Gasteiger partial charge in [0.05, 0.1) is 31.3 Å². The molecule has 0 unspecified atom stereocenters. The zero-order valence-electron chi connectivity index (χ0n) is 13.7. The van der Waals surface area contributed by atoms with Crippen molar-refractivity contribution in [2.24, 2.45) is 0 Å². The number of sulfonamides is 1. The smallest absolute Gasteiger partial charge is 0.264 e. The van der Waals surface area contributed by atoms with Gasteiger partial charge in [0.25, 0.3) is 10.0 Å². The van der Waals surface area contributed by atoms with E-state index in [2.05, 4.69) is 6.58 Å². The van der Waals surface area contributed by atoms with Crippen molar-refractivity contribution in [1.82, 2.24) is 0 Å². The number of hydrogen-bond acceptors (Lipinski definition) is 4. The Balaban J connectivity index is 2.56. The van der Waals surface area contributed by atoms with Gasteiger partial charge in [-0.05, 0) is 24.3 Å². The third-order valence-electron chi connectivity index (χ3n) is 3.43. The van der Waals surface area contributed by atoms with Gasteiger partial charge in [0.2, 0.25) is 0 Å². The van der Waals surface area contributed by atoms with Crippen LogP contribution in [0.5, 0.6) is 11.5 Å². The Bertz CT molecular complexity index is 884. The first-order valence-electron chi connectivity index (χ1n) is 7.16. The predicted octanol–water partition coefficient (Wildman–Crippen LogP) is 3.36. The molecule has 0 atom stereocenters. The second-order valence-corrected chi connectivity index (χ2v) is 6.80. The van der Waals surface area contributed by atoms with Crippen molar-refractivity contribution in [2.45, 2.75) is 4.90 Å². The molecule has 134 valence electrons. The molecule has 8 heteroatoms. The molecule has 0 saturated heterocycles. The van der Waals surface area contributed by atoms with Crippen LogP contribution in [0.3, 0.4) is 0 Å². The molecule has 2 aromatic carbocycles. The number of methoxy groups -OCH3 is 2. The third kappa shape index (κ3) is 3.74. The summed E-state index contributed by atoms with van der Waals surface area (Å²) >= 11 is 0. The SMILES string of the molecule is C=CCN(c1ccc(F)c(F)c1)S(=O)(=O)c1ccc(OC)c(OC)c1. The number of anilines is 1. The maximum atomic E-state index is 13.5. The monoisotopic (exact) mass is 369 g/mol. The molecule has 2 aromatic rings. The van der Waals surface area contributed by atoms with Gasteiger partial charge in [-0.15, -0.1) is 6.58 Å². The fourth-order valence-electron chi connectivity index (χ4n) is 2.20. The van der Waals surface area contributed by atoms with Crippen molar-refractivity contribution in [3.05, 3.63) is 60.7 Å². The normalized spacial score (nSPS) is 11.0. The summed E-state index contributed by atoms with van der Waals surface area (Å²) in [6.07, 6.45) is 1.35. The number of benzene rings is 2. The zero-order chi connectivity index (χ0) is 18.6. The average Bonchev–Trinajstić information content (AvgIpc) is 2.61. The Morgan fingerprint density at radius 1 is 1.04 bits per heavy atom. The van der Waals surface area contributed by atoms with E-state index in [4.69, 9.17) is 9.47 Å². The maximum absolute atomic E-state index is 13.5. The van der Waals surface area contributed by atoms with Crippen molar-refractivity contribution in [3.63, 3.8) is 0 Å². The summed E-state index contributed by atoms with van der Waals surface area (Å²) in [7, 11) is -1.26. The largest absolute Gasteiger partial charge is 0.493 e. The Morgan fingerprint density at radius 3 is 2.28 bits per heavy atom. The van der Waals surface area contributed by atoms with Gasteiger partial charge < -0.3 is 9.47 Å². The molecule has 0 aliphatic heterocycles. The third-order valence-corrected chi connectivity index (χ3v) is 5.22. The molecule has 0 amide bonds. The van der Waals surface area contributed by atoms with Crippen LogP contribution in [0.4, 0.5) is 14.5 Å². The average molecular weight is 369 g/mol. The van der Waals surface area contributed by atoms with E-state index in [9.17, 15) is 17.2 Å². The molecule has 25 heavy (non-hydrogen) atoms. The summed E-state index contributed by atoms with van der Waals surface area (Å²) in [4.78, 5) is -0.0864. The number of halogens is 2. The molecule has 0 fully saturated rings. The molecule has 0 radical (unpaired) electrons. The summed E-state index contributed by atoms with van der Waals surface area (Å²) in [6, 6.07) is 6.95. The Hall–Kier alpha value is -2.61. The number of rotatable bonds is 7. The van der Waals surface area contributed by atoms with Gasteiger partial charge in [0.1, 0.15) is 0 Å². The summed E-state index contributed by atoms with van der Waals surface area (Å²) in [5, 5.41) is 0. The lowest BCUT2D eigenvalue weighted by atomic mass is 10.3. The Kier molecular flexibility index (Phi) is 5.63. The van der Waals surface area contributed by atoms with Crippen molar-refractivity contribution in [2.75, 3.05) is 25.1 Å². The number of hydrogen-bond donors (Lipinski definition) is 0. The minimum Gasteiger partial charge on any atom is -0.493 e. The lowest BCUT2D eigenvalue weighted by molar-refractivity contribution is 0.354. The molecule has 0 heterocycles. The van der Waals surface area contributed by atoms with Crippen LogP contribution in [0.25, 0.3) is 0 Å². The van der Waals surface area contributed by atoms with Crippen LogP contribution in [0, 0.1) is 11.6 Å². The van der Waals surface area contributed by atoms with Crippen molar-refractivity contribution in [3.8, 4) is 11.5 Å². The summed E-state index contributed by atoms with van der Waals surface area (Å²) in [6.45, 7) is 3.39. The van der Waals surface area contributed by atoms with Crippen LogP contribution in [-0.4, -0.2) is 29.2 Å². The van der Waals surface area contributed by atoms with Gasteiger partial charge in [-0.1, -0.05) is 6.08 Å². The van der Waals surface area contributed by atoms with Gasteiger partial charge in [0, 0.05) is 12.1 Å². The van der Waals surface area contributed by atoms with Gasteiger partial charge >= 0.3 is 0 Å². The lowest BCUT2D eigenvalue weighted by Gasteiger charge is -2.23. The molecule has 0 spiro atoms. The molecule has 0 aromatic heterocycles. The first-order chi connectivity index (χ1) is 11.8. The van der Waals surface area contributed by atoms with Crippen LogP contribution in [0.15, 0.2) is 53.9 Å². The number of nitrogens with zero attached hydrogens (tertiary/aromatic N) is 1. The maximum Gasteiger partial charge on any atom is 0.264 e. The number of ether oxygens (including phenoxy) is 2. The predicted molar refractivity (Wildman–Crippen MR) is 90.6 cm³/mol. The molecule has 5 nitrogen and oxygen atoms in total. The van der Waals surface area contributed by atoms with E-state index in [0.717, 1.165) is 16.4 Å². The van der Waals surface area contributed by atoms with Crippen LogP contribution < -0.4 is 13.8 Å². The van der Waals surface area contributed by atoms with Crippen LogP contribution in [0.2, 0.25) is 0 Å². The van der Waals surface area contributed by atoms with E-state index in [1.165, 1.54) is 44.6 Å². The van der Waals surface area contributed by atoms with Crippen LogP contribution >= 0.6 is 0 Å². The topological polar surface area (TPSA) is 55.8 Å². The fourth-order valence-corrected chi connectivity index (χ4v) is 3.65. The van der Waals surface area contributed by atoms with E-state index in [-0.39, 0.29) is 22.9 Å². The highest BCUT2D eigenvalue weighted by atomic mass is 32.2. The van der Waals surface area contributed by atoms with Crippen LogP contribution in [0.1, 0.15) is 0 Å². The Morgan fingerprint density at radius 2 is 1.72 bits per heavy atom. The summed E-state index contributed by atoms with van der Waals surface area (Å²) in [5.74, 6) is -1.61. The first-order valence-corrected chi connectivity index (χ1v) is 8.60. The standard InChI is InChI=1S/C17H17F2NO4S/c1-4-9-20(12-5-7-14(18)15(19)10-12)25(21,22)13-6-8-16(23-2)17(11-13)24-3/h4-8,10-11H,1,9H2,2-3H3. The molecule has 0 N–H and O–H groups in total. The van der Waals surface area contributed by atoms with Gasteiger partial charge in [0.15, 0.2) is 23.1 Å². The van der Waals surface area contributed by atoms with Crippen LogP contribution in [-0.2, 0) is 10.0 Å². The minimum absolute atomic E-state index is 0.0198. The molecular formula is C17H17F2NO4S. The molecule has 0 aliphatic rings. The van der Waals surface area contributed by atoms with Gasteiger partial charge in [-0.25, -0.2) is 17.2 Å². The van der Waals surface area contributed by atoms with Gasteiger partial charge in [-0.2, -0.15) is 0 Å². The Labute approximate surface area is 145 Å². The van der Waals surface area contributed by atoms with E-state index in [0.29, 0.717) is 5.75 Å². The van der Waals surface area contributed by atoms with Crippen molar-refractivity contribution in [1.29, 1.82) is 0 Å². The molecular weight excluding hydrogens is 352 g/mol.